The van der Waals surface area contributed by atoms with Crippen LogP contribution in [0.15, 0.2) is 42.5 Å². The van der Waals surface area contributed by atoms with Crippen molar-refractivity contribution >= 4 is 46.2 Å². The zero-order valence-electron chi connectivity index (χ0n) is 13.4. The first-order valence-electron chi connectivity index (χ1n) is 7.64. The quantitative estimate of drug-likeness (QED) is 0.665. The Morgan fingerprint density at radius 1 is 1.21 bits per heavy atom. The Morgan fingerprint density at radius 3 is 2.71 bits per heavy atom. The highest BCUT2D eigenvalue weighted by Gasteiger charge is 2.34. The molecule has 2 aromatic carbocycles. The van der Waals surface area contributed by atoms with Crippen molar-refractivity contribution in [2.24, 2.45) is 0 Å². The van der Waals surface area contributed by atoms with Gasteiger partial charge in [-0.1, -0.05) is 35.3 Å². The van der Waals surface area contributed by atoms with Gasteiger partial charge in [0.25, 0.3) is 0 Å². The molecule has 1 heterocycles. The fraction of sp³-hybridized carbons (Fsp3) is 0.278. The molecule has 2 N–H and O–H groups in total. The molecule has 0 unspecified atom stereocenters. The minimum Gasteiger partial charge on any atom is -0.487 e. The van der Waals surface area contributed by atoms with E-state index in [2.05, 4.69) is 24.5 Å². The summed E-state index contributed by atoms with van der Waals surface area (Å²) in [6.07, 6.45) is 0.769. The highest BCUT2D eigenvalue weighted by atomic mass is 35.5. The number of fused-ring (bicyclic) bond motifs is 1. The van der Waals surface area contributed by atoms with E-state index in [1.807, 2.05) is 42.5 Å². The molecule has 126 valence electrons. The van der Waals surface area contributed by atoms with Crippen LogP contribution in [0.4, 0.5) is 5.69 Å². The smallest absolute Gasteiger partial charge is 0.171 e. The summed E-state index contributed by atoms with van der Waals surface area (Å²) in [5.74, 6) is 0.827. The van der Waals surface area contributed by atoms with Crippen LogP contribution in [-0.4, -0.2) is 10.7 Å². The molecule has 0 aromatic heterocycles. The van der Waals surface area contributed by atoms with Crippen molar-refractivity contribution in [1.82, 2.24) is 5.32 Å². The van der Waals surface area contributed by atoms with Crippen LogP contribution in [0, 0.1) is 0 Å². The second-order valence-electron chi connectivity index (χ2n) is 6.38. The zero-order chi connectivity index (χ0) is 17.3. The summed E-state index contributed by atoms with van der Waals surface area (Å²) >= 11 is 17.8. The summed E-state index contributed by atoms with van der Waals surface area (Å²) in [4.78, 5) is 0. The van der Waals surface area contributed by atoms with Gasteiger partial charge in [-0.25, -0.2) is 0 Å². The molecular formula is C18H18Cl2N2OS. The number of hydrogen-bond donors (Lipinski definition) is 2. The summed E-state index contributed by atoms with van der Waals surface area (Å²) in [5, 5.41) is 8.31. The van der Waals surface area contributed by atoms with Gasteiger partial charge in [-0.15, -0.1) is 0 Å². The van der Waals surface area contributed by atoms with E-state index in [-0.39, 0.29) is 11.6 Å². The van der Waals surface area contributed by atoms with Crippen molar-refractivity contribution in [3.05, 3.63) is 58.1 Å². The van der Waals surface area contributed by atoms with Crippen molar-refractivity contribution in [3.8, 4) is 5.75 Å². The molecule has 0 saturated heterocycles. The van der Waals surface area contributed by atoms with Crippen LogP contribution in [0.3, 0.4) is 0 Å². The van der Waals surface area contributed by atoms with E-state index in [9.17, 15) is 0 Å². The molecule has 0 amide bonds. The summed E-state index contributed by atoms with van der Waals surface area (Å²) in [6, 6.07) is 13.1. The lowest BCUT2D eigenvalue weighted by Crippen LogP contribution is -2.42. The standard InChI is InChI=1S/C18H18Cl2N2OS/c1-18(2)10-15(12-9-11(19)7-8-16(12)23-18)22-17(24)21-14-6-4-3-5-13(14)20/h3-9,15H,10H2,1-2H3,(H2,21,22,24)/t15-/m1/s1. The van der Waals surface area contributed by atoms with Gasteiger partial charge >= 0.3 is 0 Å². The minimum atomic E-state index is -0.293. The Hall–Kier alpha value is -1.49. The molecule has 3 nitrogen and oxygen atoms in total. The van der Waals surface area contributed by atoms with E-state index in [1.54, 1.807) is 0 Å². The fourth-order valence-electron chi connectivity index (χ4n) is 2.83. The monoisotopic (exact) mass is 380 g/mol. The molecule has 0 radical (unpaired) electrons. The van der Waals surface area contributed by atoms with Gasteiger partial charge in [0.1, 0.15) is 11.4 Å². The van der Waals surface area contributed by atoms with Gasteiger partial charge in [-0.2, -0.15) is 0 Å². The van der Waals surface area contributed by atoms with Gasteiger partial charge in [-0.05, 0) is 56.4 Å². The number of halogens is 2. The molecule has 1 aliphatic heterocycles. The number of hydrogen-bond acceptors (Lipinski definition) is 2. The third-order valence-corrected chi connectivity index (χ3v) is 4.64. The van der Waals surface area contributed by atoms with Crippen molar-refractivity contribution in [2.75, 3.05) is 5.32 Å². The van der Waals surface area contributed by atoms with Crippen LogP contribution in [0.1, 0.15) is 31.9 Å². The van der Waals surface area contributed by atoms with Crippen LogP contribution in [0.5, 0.6) is 5.75 Å². The Bertz CT molecular complexity index is 779. The highest BCUT2D eigenvalue weighted by molar-refractivity contribution is 7.80. The van der Waals surface area contributed by atoms with Gasteiger partial charge in [0.15, 0.2) is 5.11 Å². The molecule has 0 aliphatic carbocycles. The number of rotatable bonds is 2. The normalized spacial score (nSPS) is 18.2. The van der Waals surface area contributed by atoms with E-state index in [0.29, 0.717) is 15.2 Å². The molecule has 0 bridgehead atoms. The molecule has 1 atom stereocenters. The fourth-order valence-corrected chi connectivity index (χ4v) is 3.45. The SMILES string of the molecule is CC1(C)C[C@@H](NC(=S)Nc2ccccc2Cl)c2cc(Cl)ccc2O1. The van der Waals surface area contributed by atoms with Gasteiger partial charge in [-0.3, -0.25) is 0 Å². The maximum atomic E-state index is 6.17. The van der Waals surface area contributed by atoms with Crippen molar-refractivity contribution in [2.45, 2.75) is 31.9 Å². The Labute approximate surface area is 157 Å². The van der Waals surface area contributed by atoms with Crippen LogP contribution >= 0.6 is 35.4 Å². The van der Waals surface area contributed by atoms with Gasteiger partial charge in [0, 0.05) is 17.0 Å². The number of benzene rings is 2. The molecule has 2 aromatic rings. The van der Waals surface area contributed by atoms with Crippen LogP contribution < -0.4 is 15.4 Å². The van der Waals surface area contributed by atoms with E-state index in [4.69, 9.17) is 40.2 Å². The average Bonchev–Trinajstić information content (AvgIpc) is 2.49. The van der Waals surface area contributed by atoms with E-state index >= 15 is 0 Å². The number of thiocarbonyl (C=S) groups is 1. The molecule has 0 spiro atoms. The summed E-state index contributed by atoms with van der Waals surface area (Å²) in [5.41, 5.74) is 1.48. The second-order valence-corrected chi connectivity index (χ2v) is 7.63. The third kappa shape index (κ3) is 3.94. The minimum absolute atomic E-state index is 0.00457. The predicted octanol–water partition coefficient (Wildman–Crippen LogP) is 5.58. The van der Waals surface area contributed by atoms with Gasteiger partial charge in [0.2, 0.25) is 0 Å². The number of anilines is 1. The average molecular weight is 381 g/mol. The largest absolute Gasteiger partial charge is 0.487 e. The van der Waals surface area contributed by atoms with E-state index in [1.165, 1.54) is 0 Å². The predicted molar refractivity (Wildman–Crippen MR) is 104 cm³/mol. The lowest BCUT2D eigenvalue weighted by molar-refractivity contribution is 0.0697. The Balaban J connectivity index is 1.80. The molecule has 1 aliphatic rings. The van der Waals surface area contributed by atoms with E-state index < -0.39 is 0 Å². The van der Waals surface area contributed by atoms with Crippen molar-refractivity contribution in [3.63, 3.8) is 0 Å². The lowest BCUT2D eigenvalue weighted by atomic mass is 9.90. The highest BCUT2D eigenvalue weighted by Crippen LogP contribution is 2.40. The molecule has 0 fully saturated rings. The lowest BCUT2D eigenvalue weighted by Gasteiger charge is -2.38. The number of ether oxygens (including phenoxy) is 1. The summed E-state index contributed by atoms with van der Waals surface area (Å²) in [6.45, 7) is 4.12. The summed E-state index contributed by atoms with van der Waals surface area (Å²) < 4.78 is 6.04. The molecule has 0 saturated carbocycles. The first-order chi connectivity index (χ1) is 11.3. The Morgan fingerprint density at radius 2 is 1.96 bits per heavy atom. The molecule has 6 heteroatoms. The number of para-hydroxylation sites is 1. The number of nitrogens with one attached hydrogen (secondary N) is 2. The van der Waals surface area contributed by atoms with Gasteiger partial charge < -0.3 is 15.4 Å². The summed E-state index contributed by atoms with van der Waals surface area (Å²) in [7, 11) is 0. The first-order valence-corrected chi connectivity index (χ1v) is 8.81. The molecule has 24 heavy (non-hydrogen) atoms. The van der Waals surface area contributed by atoms with Crippen molar-refractivity contribution in [1.29, 1.82) is 0 Å². The van der Waals surface area contributed by atoms with Crippen LogP contribution in [0.25, 0.3) is 0 Å². The maximum Gasteiger partial charge on any atom is 0.171 e. The first kappa shape index (κ1) is 17.3. The second kappa shape index (κ2) is 6.79. The van der Waals surface area contributed by atoms with Gasteiger partial charge in [0.05, 0.1) is 16.8 Å². The van der Waals surface area contributed by atoms with Crippen molar-refractivity contribution < 1.29 is 4.74 Å². The molecule has 3 rings (SSSR count). The molecular weight excluding hydrogens is 363 g/mol. The van der Waals surface area contributed by atoms with Crippen LogP contribution in [0.2, 0.25) is 10.0 Å². The van der Waals surface area contributed by atoms with E-state index in [0.717, 1.165) is 23.4 Å². The maximum absolute atomic E-state index is 6.17. The Kier molecular flexibility index (Phi) is 4.90. The zero-order valence-corrected chi connectivity index (χ0v) is 15.7. The van der Waals surface area contributed by atoms with Crippen LogP contribution in [-0.2, 0) is 0 Å². The third-order valence-electron chi connectivity index (χ3n) is 3.86. The topological polar surface area (TPSA) is 33.3 Å².